The Morgan fingerprint density at radius 1 is 1.53 bits per heavy atom. The summed E-state index contributed by atoms with van der Waals surface area (Å²) in [6.07, 6.45) is 2.11. The molecule has 0 amide bonds. The molecule has 2 aliphatic heterocycles. The van der Waals surface area contributed by atoms with Gasteiger partial charge in [0.2, 0.25) is 0 Å². The zero-order valence-corrected chi connectivity index (χ0v) is 11.0. The summed E-state index contributed by atoms with van der Waals surface area (Å²) in [5.74, 6) is -1.27. The second-order valence-corrected chi connectivity index (χ2v) is 5.81. The molecular formula is C14H14ClFO3. The molecule has 0 radical (unpaired) electrons. The highest BCUT2D eigenvalue weighted by Gasteiger charge is 2.57. The van der Waals surface area contributed by atoms with E-state index in [-0.39, 0.29) is 18.6 Å². The average Bonchev–Trinajstić information content (AvgIpc) is 2.94. The number of carboxylic acid groups (broad SMARTS) is 1. The molecule has 2 aliphatic rings. The molecule has 2 fully saturated rings. The van der Waals surface area contributed by atoms with Crippen molar-refractivity contribution in [3.05, 3.63) is 34.6 Å². The lowest BCUT2D eigenvalue weighted by Gasteiger charge is -2.31. The molecule has 3 nitrogen and oxygen atoms in total. The van der Waals surface area contributed by atoms with Gasteiger partial charge in [-0.2, -0.15) is 0 Å². The van der Waals surface area contributed by atoms with Crippen LogP contribution in [0, 0.1) is 11.2 Å². The first-order chi connectivity index (χ1) is 9.01. The van der Waals surface area contributed by atoms with Crippen LogP contribution >= 0.6 is 11.6 Å². The zero-order valence-electron chi connectivity index (χ0n) is 10.2. The Kier molecular flexibility index (Phi) is 3.02. The third kappa shape index (κ3) is 2.03. The van der Waals surface area contributed by atoms with E-state index < -0.39 is 17.2 Å². The van der Waals surface area contributed by atoms with Crippen molar-refractivity contribution in [2.75, 3.05) is 0 Å². The molecule has 0 aromatic heterocycles. The minimum atomic E-state index is -0.958. The number of fused-ring (bicyclic) bond motifs is 2. The molecular weight excluding hydrogens is 271 g/mol. The van der Waals surface area contributed by atoms with Crippen molar-refractivity contribution in [3.63, 3.8) is 0 Å². The topological polar surface area (TPSA) is 46.5 Å². The van der Waals surface area contributed by atoms with Crippen molar-refractivity contribution in [3.8, 4) is 0 Å². The molecule has 3 unspecified atom stereocenters. The Morgan fingerprint density at radius 3 is 2.89 bits per heavy atom. The number of halogens is 2. The second kappa shape index (κ2) is 4.46. The SMILES string of the molecule is O=C(O)C1(Cc2cc(F)ccc2Cl)CC2CCC1O2. The van der Waals surface area contributed by atoms with E-state index in [0.29, 0.717) is 17.0 Å². The number of carboxylic acids is 1. The van der Waals surface area contributed by atoms with Gasteiger partial charge in [0, 0.05) is 5.02 Å². The zero-order chi connectivity index (χ0) is 13.6. The van der Waals surface area contributed by atoms with Crippen LogP contribution < -0.4 is 0 Å². The Morgan fingerprint density at radius 2 is 2.32 bits per heavy atom. The van der Waals surface area contributed by atoms with Crippen molar-refractivity contribution >= 4 is 17.6 Å². The van der Waals surface area contributed by atoms with Crippen LogP contribution in [0.4, 0.5) is 4.39 Å². The van der Waals surface area contributed by atoms with E-state index in [4.69, 9.17) is 16.3 Å². The highest BCUT2D eigenvalue weighted by atomic mass is 35.5. The van der Waals surface area contributed by atoms with E-state index in [9.17, 15) is 14.3 Å². The van der Waals surface area contributed by atoms with Gasteiger partial charge in [0.1, 0.15) is 11.2 Å². The molecule has 2 saturated heterocycles. The van der Waals surface area contributed by atoms with Crippen LogP contribution in [0.2, 0.25) is 5.02 Å². The molecule has 5 heteroatoms. The van der Waals surface area contributed by atoms with Crippen LogP contribution in [0.25, 0.3) is 0 Å². The van der Waals surface area contributed by atoms with Gasteiger partial charge in [0.15, 0.2) is 0 Å². The minimum absolute atomic E-state index is 0.0217. The number of carbonyl (C=O) groups is 1. The van der Waals surface area contributed by atoms with Gasteiger partial charge in [-0.3, -0.25) is 4.79 Å². The molecule has 2 bridgehead atoms. The summed E-state index contributed by atoms with van der Waals surface area (Å²) in [6, 6.07) is 4.06. The fourth-order valence-corrected chi connectivity index (χ4v) is 3.49. The number of rotatable bonds is 3. The summed E-state index contributed by atoms with van der Waals surface area (Å²) in [5, 5.41) is 10.00. The minimum Gasteiger partial charge on any atom is -0.481 e. The molecule has 0 aliphatic carbocycles. The van der Waals surface area contributed by atoms with Crippen molar-refractivity contribution in [1.82, 2.24) is 0 Å². The van der Waals surface area contributed by atoms with Gasteiger partial charge in [-0.05, 0) is 49.4 Å². The molecule has 102 valence electrons. The van der Waals surface area contributed by atoms with Crippen molar-refractivity contribution in [2.24, 2.45) is 5.41 Å². The summed E-state index contributed by atoms with van der Waals surface area (Å²) in [5.41, 5.74) is -0.416. The van der Waals surface area contributed by atoms with Gasteiger partial charge in [-0.25, -0.2) is 4.39 Å². The highest BCUT2D eigenvalue weighted by Crippen LogP contribution is 2.50. The van der Waals surface area contributed by atoms with Gasteiger partial charge in [-0.1, -0.05) is 11.6 Å². The van der Waals surface area contributed by atoms with Crippen LogP contribution in [-0.4, -0.2) is 23.3 Å². The highest BCUT2D eigenvalue weighted by molar-refractivity contribution is 6.31. The van der Waals surface area contributed by atoms with E-state index in [1.807, 2.05) is 0 Å². The predicted molar refractivity (Wildman–Crippen MR) is 67.7 cm³/mol. The van der Waals surface area contributed by atoms with E-state index >= 15 is 0 Å². The van der Waals surface area contributed by atoms with Crippen molar-refractivity contribution in [2.45, 2.75) is 37.9 Å². The Labute approximate surface area is 115 Å². The average molecular weight is 285 g/mol. The largest absolute Gasteiger partial charge is 0.481 e. The van der Waals surface area contributed by atoms with Gasteiger partial charge < -0.3 is 9.84 Å². The van der Waals surface area contributed by atoms with Crippen molar-refractivity contribution in [1.29, 1.82) is 0 Å². The monoisotopic (exact) mass is 284 g/mol. The normalized spacial score (nSPS) is 32.7. The van der Waals surface area contributed by atoms with Gasteiger partial charge in [-0.15, -0.1) is 0 Å². The Hall–Kier alpha value is -1.13. The smallest absolute Gasteiger partial charge is 0.312 e. The number of ether oxygens (including phenoxy) is 1. The van der Waals surface area contributed by atoms with E-state index in [2.05, 4.69) is 0 Å². The maximum Gasteiger partial charge on any atom is 0.312 e. The van der Waals surface area contributed by atoms with Gasteiger partial charge >= 0.3 is 5.97 Å². The number of benzene rings is 1. The molecule has 0 saturated carbocycles. The fourth-order valence-electron chi connectivity index (χ4n) is 3.31. The van der Waals surface area contributed by atoms with Gasteiger partial charge in [0.25, 0.3) is 0 Å². The van der Waals surface area contributed by atoms with E-state index in [1.54, 1.807) is 0 Å². The lowest BCUT2D eigenvalue weighted by atomic mass is 9.70. The molecule has 3 atom stereocenters. The Balaban J connectivity index is 1.95. The number of aliphatic carboxylic acids is 1. The first-order valence-corrected chi connectivity index (χ1v) is 6.72. The van der Waals surface area contributed by atoms with E-state index in [1.165, 1.54) is 18.2 Å². The summed E-state index contributed by atoms with van der Waals surface area (Å²) < 4.78 is 19.0. The molecule has 2 heterocycles. The molecule has 1 aromatic carbocycles. The van der Waals surface area contributed by atoms with Crippen LogP contribution in [0.1, 0.15) is 24.8 Å². The predicted octanol–water partition coefficient (Wildman–Crippen LogP) is 3.04. The lowest BCUT2D eigenvalue weighted by Crippen LogP contribution is -2.42. The molecule has 19 heavy (non-hydrogen) atoms. The summed E-state index contributed by atoms with van der Waals surface area (Å²) in [7, 11) is 0. The summed E-state index contributed by atoms with van der Waals surface area (Å²) in [6.45, 7) is 0. The molecule has 0 spiro atoms. The maximum absolute atomic E-state index is 13.3. The first kappa shape index (κ1) is 12.9. The van der Waals surface area contributed by atoms with Gasteiger partial charge in [0.05, 0.1) is 12.2 Å². The van der Waals surface area contributed by atoms with E-state index in [0.717, 1.165) is 12.8 Å². The molecule has 1 aromatic rings. The third-order valence-electron chi connectivity index (χ3n) is 4.26. The third-order valence-corrected chi connectivity index (χ3v) is 4.62. The molecule has 3 rings (SSSR count). The number of hydrogen-bond acceptors (Lipinski definition) is 2. The maximum atomic E-state index is 13.3. The molecule has 1 N–H and O–H groups in total. The second-order valence-electron chi connectivity index (χ2n) is 5.40. The van der Waals surface area contributed by atoms with Crippen LogP contribution in [0.5, 0.6) is 0 Å². The summed E-state index contributed by atoms with van der Waals surface area (Å²) in [4.78, 5) is 11.7. The van der Waals surface area contributed by atoms with Crippen LogP contribution in [0.3, 0.4) is 0 Å². The lowest BCUT2D eigenvalue weighted by molar-refractivity contribution is -0.152. The van der Waals surface area contributed by atoms with Crippen molar-refractivity contribution < 1.29 is 19.0 Å². The number of hydrogen-bond donors (Lipinski definition) is 1. The first-order valence-electron chi connectivity index (χ1n) is 6.34. The fraction of sp³-hybridized carbons (Fsp3) is 0.500. The van der Waals surface area contributed by atoms with Crippen LogP contribution in [0.15, 0.2) is 18.2 Å². The summed E-state index contributed by atoms with van der Waals surface area (Å²) >= 11 is 6.04. The quantitative estimate of drug-likeness (QED) is 0.928. The standard InChI is InChI=1S/C14H14ClFO3/c15-11-3-1-9(16)5-8(11)6-14(13(17)18)7-10-2-4-12(14)19-10/h1,3,5,10,12H,2,4,6-7H2,(H,17,18). The Bertz CT molecular complexity index is 533. The van der Waals surface area contributed by atoms with Crippen LogP contribution in [-0.2, 0) is 16.0 Å².